The zero-order valence-electron chi connectivity index (χ0n) is 16.9. The van der Waals surface area contributed by atoms with Gasteiger partial charge in [-0.1, -0.05) is 49.6 Å². The van der Waals surface area contributed by atoms with Crippen molar-refractivity contribution in [1.29, 1.82) is 0 Å². The zero-order chi connectivity index (χ0) is 18.2. The number of amides is 1. The predicted molar refractivity (Wildman–Crippen MR) is 121 cm³/mol. The summed E-state index contributed by atoms with van der Waals surface area (Å²) in [6.45, 7) is 4.85. The van der Waals surface area contributed by atoms with Crippen molar-refractivity contribution in [2.45, 2.75) is 51.4 Å². The van der Waals surface area contributed by atoms with E-state index in [2.05, 4.69) is 40.5 Å². The maximum Gasteiger partial charge on any atom is 0.220 e. The van der Waals surface area contributed by atoms with Gasteiger partial charge in [-0.15, -0.1) is 24.8 Å². The van der Waals surface area contributed by atoms with E-state index in [9.17, 15) is 4.79 Å². The average Bonchev–Trinajstić information content (AvgIpc) is 3.14. The van der Waals surface area contributed by atoms with Crippen molar-refractivity contribution in [3.8, 4) is 0 Å². The zero-order valence-corrected chi connectivity index (χ0v) is 18.5. The molecule has 6 heteroatoms. The van der Waals surface area contributed by atoms with Gasteiger partial charge in [0.1, 0.15) is 0 Å². The van der Waals surface area contributed by atoms with Crippen LogP contribution in [0.25, 0.3) is 0 Å². The Balaban J connectivity index is 0.00000196. The van der Waals surface area contributed by atoms with E-state index in [1.165, 1.54) is 31.2 Å². The number of carbonyl (C=O) groups is 1. The molecule has 1 aliphatic carbocycles. The lowest BCUT2D eigenvalue weighted by molar-refractivity contribution is -0.124. The Morgan fingerprint density at radius 1 is 1.14 bits per heavy atom. The molecule has 1 heterocycles. The van der Waals surface area contributed by atoms with Gasteiger partial charge in [0.05, 0.1) is 0 Å². The molecule has 1 aromatic carbocycles. The van der Waals surface area contributed by atoms with Crippen molar-refractivity contribution in [3.05, 3.63) is 35.9 Å². The Hall–Kier alpha value is -0.810. The monoisotopic (exact) mass is 429 g/mol. The van der Waals surface area contributed by atoms with Crippen LogP contribution < -0.4 is 11.1 Å². The summed E-state index contributed by atoms with van der Waals surface area (Å²) < 4.78 is 0. The third-order valence-electron chi connectivity index (χ3n) is 6.40. The molecule has 1 saturated heterocycles. The molecule has 28 heavy (non-hydrogen) atoms. The minimum absolute atomic E-state index is 0. The third-order valence-corrected chi connectivity index (χ3v) is 6.40. The molecule has 4 nitrogen and oxygen atoms in total. The number of nitrogens with one attached hydrogen (secondary N) is 1. The first-order valence-electron chi connectivity index (χ1n) is 10.4. The van der Waals surface area contributed by atoms with Crippen LogP contribution >= 0.6 is 24.8 Å². The second-order valence-electron chi connectivity index (χ2n) is 8.44. The number of hydrogen-bond donors (Lipinski definition) is 2. The van der Waals surface area contributed by atoms with E-state index in [-0.39, 0.29) is 36.1 Å². The van der Waals surface area contributed by atoms with Gasteiger partial charge < -0.3 is 16.0 Å². The molecule has 1 atom stereocenters. The standard InChI is InChI=1S/C22H35N3O.2ClH/c23-18-22(11-5-2-6-12-22)15-21(26)24-16-20-10-14-25(17-20)13-9-19-7-3-1-4-8-19;;/h1,3-4,7-8,20H,2,5-6,9-18,23H2,(H,24,26);2*1H. The summed E-state index contributed by atoms with van der Waals surface area (Å²) in [5, 5.41) is 3.20. The molecule has 0 bridgehead atoms. The molecule has 3 rings (SSSR count). The number of carbonyl (C=O) groups excluding carboxylic acids is 1. The van der Waals surface area contributed by atoms with E-state index in [0.717, 1.165) is 45.4 Å². The normalized spacial score (nSPS) is 21.4. The summed E-state index contributed by atoms with van der Waals surface area (Å²) in [5.74, 6) is 0.801. The van der Waals surface area contributed by atoms with Gasteiger partial charge >= 0.3 is 0 Å². The van der Waals surface area contributed by atoms with E-state index in [1.54, 1.807) is 0 Å². The molecule has 0 radical (unpaired) electrons. The summed E-state index contributed by atoms with van der Waals surface area (Å²) in [7, 11) is 0. The molecular formula is C22H37Cl2N3O. The molecule has 1 aliphatic heterocycles. The van der Waals surface area contributed by atoms with Crippen molar-refractivity contribution in [2.24, 2.45) is 17.1 Å². The Morgan fingerprint density at radius 2 is 1.86 bits per heavy atom. The second kappa shape index (κ2) is 12.7. The van der Waals surface area contributed by atoms with Gasteiger partial charge in [-0.25, -0.2) is 0 Å². The first kappa shape index (κ1) is 25.2. The Labute approximate surface area is 182 Å². The maximum absolute atomic E-state index is 12.4. The van der Waals surface area contributed by atoms with E-state index in [1.807, 2.05) is 0 Å². The van der Waals surface area contributed by atoms with Crippen LogP contribution in [0.4, 0.5) is 0 Å². The van der Waals surface area contributed by atoms with Gasteiger partial charge in [-0.05, 0) is 55.7 Å². The van der Waals surface area contributed by atoms with E-state index < -0.39 is 0 Å². The SMILES string of the molecule is Cl.Cl.NCC1(CC(=O)NCC2CCN(CCc3ccccc3)C2)CCCCC1. The summed E-state index contributed by atoms with van der Waals surface area (Å²) in [6, 6.07) is 10.7. The van der Waals surface area contributed by atoms with Crippen molar-refractivity contribution in [3.63, 3.8) is 0 Å². The number of halogens is 2. The number of hydrogen-bond acceptors (Lipinski definition) is 3. The maximum atomic E-state index is 12.4. The van der Waals surface area contributed by atoms with Gasteiger partial charge in [-0.3, -0.25) is 4.79 Å². The summed E-state index contributed by atoms with van der Waals surface area (Å²) >= 11 is 0. The largest absolute Gasteiger partial charge is 0.356 e. The van der Waals surface area contributed by atoms with E-state index >= 15 is 0 Å². The smallest absolute Gasteiger partial charge is 0.220 e. The van der Waals surface area contributed by atoms with Crippen LogP contribution in [-0.2, 0) is 11.2 Å². The predicted octanol–water partition coefficient (Wildman–Crippen LogP) is 3.81. The number of nitrogens with zero attached hydrogens (tertiary/aromatic N) is 1. The van der Waals surface area contributed by atoms with Crippen molar-refractivity contribution < 1.29 is 4.79 Å². The summed E-state index contributed by atoms with van der Waals surface area (Å²) in [6.07, 6.45) is 8.91. The fraction of sp³-hybridized carbons (Fsp3) is 0.682. The molecule has 1 aromatic rings. The second-order valence-corrected chi connectivity index (χ2v) is 8.44. The van der Waals surface area contributed by atoms with Gasteiger partial charge in [-0.2, -0.15) is 0 Å². The molecular weight excluding hydrogens is 393 g/mol. The highest BCUT2D eigenvalue weighted by molar-refractivity contribution is 5.85. The molecule has 2 fully saturated rings. The fourth-order valence-electron chi connectivity index (χ4n) is 4.63. The summed E-state index contributed by atoms with van der Waals surface area (Å²) in [5.41, 5.74) is 7.49. The first-order valence-corrected chi connectivity index (χ1v) is 10.4. The molecule has 1 saturated carbocycles. The van der Waals surface area contributed by atoms with Crippen LogP contribution in [0.15, 0.2) is 30.3 Å². The Morgan fingerprint density at radius 3 is 2.54 bits per heavy atom. The molecule has 0 aromatic heterocycles. The minimum Gasteiger partial charge on any atom is -0.356 e. The highest BCUT2D eigenvalue weighted by Crippen LogP contribution is 2.38. The molecule has 3 N–H and O–H groups in total. The number of benzene rings is 1. The molecule has 1 amide bonds. The fourth-order valence-corrected chi connectivity index (χ4v) is 4.63. The van der Waals surface area contributed by atoms with E-state index in [0.29, 0.717) is 18.9 Å². The van der Waals surface area contributed by atoms with Crippen LogP contribution in [0.3, 0.4) is 0 Å². The van der Waals surface area contributed by atoms with Crippen LogP contribution in [0.5, 0.6) is 0 Å². The van der Waals surface area contributed by atoms with Gasteiger partial charge in [0, 0.05) is 26.1 Å². The molecule has 2 aliphatic rings. The third kappa shape index (κ3) is 7.55. The Kier molecular flexibility index (Phi) is 11.4. The average molecular weight is 430 g/mol. The first-order chi connectivity index (χ1) is 12.7. The quantitative estimate of drug-likeness (QED) is 0.660. The topological polar surface area (TPSA) is 58.4 Å². The van der Waals surface area contributed by atoms with Crippen LogP contribution in [-0.4, -0.2) is 43.5 Å². The van der Waals surface area contributed by atoms with Crippen molar-refractivity contribution >= 4 is 30.7 Å². The minimum atomic E-state index is 0. The van der Waals surface area contributed by atoms with Crippen molar-refractivity contribution in [2.75, 3.05) is 32.7 Å². The summed E-state index contributed by atoms with van der Waals surface area (Å²) in [4.78, 5) is 15.0. The highest BCUT2D eigenvalue weighted by Gasteiger charge is 2.33. The van der Waals surface area contributed by atoms with Crippen molar-refractivity contribution in [1.82, 2.24) is 10.2 Å². The van der Waals surface area contributed by atoms with Crippen LogP contribution in [0, 0.1) is 11.3 Å². The molecule has 1 unspecified atom stereocenters. The van der Waals surface area contributed by atoms with Gasteiger partial charge in [0.15, 0.2) is 0 Å². The lowest BCUT2D eigenvalue weighted by Gasteiger charge is -2.35. The van der Waals surface area contributed by atoms with Gasteiger partial charge in [0.2, 0.25) is 5.91 Å². The molecule has 160 valence electrons. The molecule has 0 spiro atoms. The lowest BCUT2D eigenvalue weighted by atomic mass is 9.71. The number of nitrogens with two attached hydrogens (primary N) is 1. The lowest BCUT2D eigenvalue weighted by Crippen LogP contribution is -2.40. The van der Waals surface area contributed by atoms with Crippen LogP contribution in [0.2, 0.25) is 0 Å². The van der Waals surface area contributed by atoms with Gasteiger partial charge in [0.25, 0.3) is 0 Å². The van der Waals surface area contributed by atoms with E-state index in [4.69, 9.17) is 5.73 Å². The highest BCUT2D eigenvalue weighted by atomic mass is 35.5. The number of rotatable bonds is 8. The van der Waals surface area contributed by atoms with Crippen LogP contribution in [0.1, 0.15) is 50.5 Å². The number of likely N-dealkylation sites (tertiary alicyclic amines) is 1. The Bertz CT molecular complexity index is 564.